The van der Waals surface area contributed by atoms with E-state index in [0.717, 1.165) is 5.56 Å². The molecule has 0 aliphatic rings. The average molecular weight is 313 g/mol. The molecule has 0 saturated carbocycles. The maximum absolute atomic E-state index is 11.5. The average Bonchev–Trinajstić information content (AvgIpc) is 2.60. The maximum Gasteiger partial charge on any atom is 0.339 e. The van der Waals surface area contributed by atoms with Crippen molar-refractivity contribution in [3.8, 4) is 0 Å². The van der Waals surface area contributed by atoms with Gasteiger partial charge in [0.1, 0.15) is 5.82 Å². The molecular formula is C17H19N3O3. The number of hydrogen-bond acceptors (Lipinski definition) is 5. The minimum atomic E-state index is -0.378. The molecule has 0 spiro atoms. The van der Waals surface area contributed by atoms with Gasteiger partial charge in [0.25, 0.3) is 5.91 Å². The summed E-state index contributed by atoms with van der Waals surface area (Å²) >= 11 is 0. The lowest BCUT2D eigenvalue weighted by Crippen LogP contribution is -2.17. The molecule has 0 unspecified atom stereocenters. The second-order valence-electron chi connectivity index (χ2n) is 4.78. The van der Waals surface area contributed by atoms with Gasteiger partial charge in [0.15, 0.2) is 0 Å². The van der Waals surface area contributed by atoms with Crippen molar-refractivity contribution in [2.45, 2.75) is 13.5 Å². The van der Waals surface area contributed by atoms with Gasteiger partial charge in [-0.1, -0.05) is 12.1 Å². The van der Waals surface area contributed by atoms with E-state index in [1.54, 1.807) is 38.2 Å². The fourth-order valence-electron chi connectivity index (χ4n) is 1.94. The maximum atomic E-state index is 11.5. The fraction of sp³-hybridized carbons (Fsp3) is 0.235. The van der Waals surface area contributed by atoms with E-state index >= 15 is 0 Å². The van der Waals surface area contributed by atoms with Crippen molar-refractivity contribution in [2.75, 3.05) is 19.0 Å². The number of amides is 1. The van der Waals surface area contributed by atoms with Crippen LogP contribution in [0.4, 0.5) is 5.82 Å². The predicted octanol–water partition coefficient (Wildman–Crippen LogP) is 2.23. The quantitative estimate of drug-likeness (QED) is 0.799. The first-order chi connectivity index (χ1) is 11.1. The van der Waals surface area contributed by atoms with Crippen LogP contribution in [-0.2, 0) is 11.3 Å². The first-order valence-electron chi connectivity index (χ1n) is 7.32. The Morgan fingerprint density at radius 1 is 1.09 bits per heavy atom. The number of rotatable bonds is 6. The Labute approximate surface area is 134 Å². The SMILES string of the molecule is CCOC(=O)c1ccc(NCc2ccc(C(=O)NC)cc2)nc1. The van der Waals surface area contributed by atoms with E-state index in [-0.39, 0.29) is 11.9 Å². The Morgan fingerprint density at radius 3 is 2.35 bits per heavy atom. The van der Waals surface area contributed by atoms with E-state index in [2.05, 4.69) is 15.6 Å². The van der Waals surface area contributed by atoms with E-state index < -0.39 is 0 Å². The molecule has 0 saturated heterocycles. The number of aromatic nitrogens is 1. The molecule has 1 aromatic carbocycles. The number of benzene rings is 1. The zero-order valence-electron chi connectivity index (χ0n) is 13.1. The molecule has 2 rings (SSSR count). The van der Waals surface area contributed by atoms with Crippen molar-refractivity contribution in [1.82, 2.24) is 10.3 Å². The van der Waals surface area contributed by atoms with Gasteiger partial charge in [0, 0.05) is 25.4 Å². The molecule has 2 N–H and O–H groups in total. The van der Waals surface area contributed by atoms with E-state index in [4.69, 9.17) is 4.74 Å². The third-order valence-electron chi connectivity index (χ3n) is 3.19. The van der Waals surface area contributed by atoms with Crippen LogP contribution < -0.4 is 10.6 Å². The third kappa shape index (κ3) is 4.54. The van der Waals surface area contributed by atoms with Crippen LogP contribution in [0.25, 0.3) is 0 Å². The van der Waals surface area contributed by atoms with E-state index in [1.807, 2.05) is 12.1 Å². The largest absolute Gasteiger partial charge is 0.462 e. The summed E-state index contributed by atoms with van der Waals surface area (Å²) < 4.78 is 4.90. The van der Waals surface area contributed by atoms with Crippen LogP contribution in [0.2, 0.25) is 0 Å². The molecule has 0 fully saturated rings. The van der Waals surface area contributed by atoms with Crippen LogP contribution >= 0.6 is 0 Å². The number of esters is 1. The van der Waals surface area contributed by atoms with Gasteiger partial charge in [-0.25, -0.2) is 9.78 Å². The second kappa shape index (κ2) is 7.93. The highest BCUT2D eigenvalue weighted by atomic mass is 16.5. The van der Waals surface area contributed by atoms with Crippen molar-refractivity contribution < 1.29 is 14.3 Å². The lowest BCUT2D eigenvalue weighted by Gasteiger charge is -2.07. The Morgan fingerprint density at radius 2 is 1.78 bits per heavy atom. The number of nitrogens with one attached hydrogen (secondary N) is 2. The van der Waals surface area contributed by atoms with Crippen LogP contribution in [0, 0.1) is 0 Å². The Kier molecular flexibility index (Phi) is 5.68. The van der Waals surface area contributed by atoms with Crippen LogP contribution in [0.1, 0.15) is 33.2 Å². The van der Waals surface area contributed by atoms with Crippen LogP contribution in [-0.4, -0.2) is 30.5 Å². The lowest BCUT2D eigenvalue weighted by molar-refractivity contribution is 0.0526. The van der Waals surface area contributed by atoms with E-state index in [1.165, 1.54) is 6.20 Å². The molecule has 2 aromatic rings. The molecule has 0 radical (unpaired) electrons. The minimum absolute atomic E-state index is 0.110. The molecule has 0 atom stereocenters. The van der Waals surface area contributed by atoms with E-state index in [0.29, 0.717) is 30.1 Å². The molecule has 120 valence electrons. The monoisotopic (exact) mass is 313 g/mol. The smallest absolute Gasteiger partial charge is 0.339 e. The molecule has 23 heavy (non-hydrogen) atoms. The van der Waals surface area contributed by atoms with Gasteiger partial charge in [0.2, 0.25) is 0 Å². The topological polar surface area (TPSA) is 80.3 Å². The number of ether oxygens (including phenoxy) is 1. The van der Waals surface area contributed by atoms with E-state index in [9.17, 15) is 9.59 Å². The molecule has 0 aliphatic heterocycles. The Hall–Kier alpha value is -2.89. The molecule has 6 nitrogen and oxygen atoms in total. The number of pyridine rings is 1. The second-order valence-corrected chi connectivity index (χ2v) is 4.78. The highest BCUT2D eigenvalue weighted by Gasteiger charge is 2.06. The van der Waals surface area contributed by atoms with Gasteiger partial charge in [-0.2, -0.15) is 0 Å². The molecule has 0 bridgehead atoms. The van der Waals surface area contributed by atoms with Gasteiger partial charge < -0.3 is 15.4 Å². The van der Waals surface area contributed by atoms with Crippen molar-refractivity contribution in [2.24, 2.45) is 0 Å². The molecular weight excluding hydrogens is 294 g/mol. The highest BCUT2D eigenvalue weighted by molar-refractivity contribution is 5.94. The van der Waals surface area contributed by atoms with Crippen LogP contribution in [0.15, 0.2) is 42.6 Å². The number of anilines is 1. The Balaban J connectivity index is 1.93. The summed E-state index contributed by atoms with van der Waals surface area (Å²) in [6.45, 7) is 2.67. The zero-order chi connectivity index (χ0) is 16.7. The minimum Gasteiger partial charge on any atom is -0.462 e. The van der Waals surface area contributed by atoms with Gasteiger partial charge in [-0.05, 0) is 36.8 Å². The number of nitrogens with zero attached hydrogens (tertiary/aromatic N) is 1. The summed E-state index contributed by atoms with van der Waals surface area (Å²) in [5, 5.41) is 5.74. The summed E-state index contributed by atoms with van der Waals surface area (Å²) in [6.07, 6.45) is 1.48. The summed E-state index contributed by atoms with van der Waals surface area (Å²) in [5.74, 6) is 0.172. The van der Waals surface area contributed by atoms with Crippen LogP contribution in [0.5, 0.6) is 0 Å². The first kappa shape index (κ1) is 16.5. The highest BCUT2D eigenvalue weighted by Crippen LogP contribution is 2.10. The summed E-state index contributed by atoms with van der Waals surface area (Å²) in [6, 6.07) is 10.7. The lowest BCUT2D eigenvalue weighted by atomic mass is 10.1. The van der Waals surface area contributed by atoms with Gasteiger partial charge >= 0.3 is 5.97 Å². The number of carbonyl (C=O) groups is 2. The normalized spacial score (nSPS) is 10.0. The molecule has 1 aromatic heterocycles. The summed E-state index contributed by atoms with van der Waals surface area (Å²) in [5.41, 5.74) is 2.06. The standard InChI is InChI=1S/C17H19N3O3/c1-3-23-17(22)14-8-9-15(20-11-14)19-10-12-4-6-13(7-5-12)16(21)18-2/h4-9,11H,3,10H2,1-2H3,(H,18,21)(H,19,20). The van der Waals surface area contributed by atoms with Crippen molar-refractivity contribution >= 4 is 17.7 Å². The third-order valence-corrected chi connectivity index (χ3v) is 3.19. The first-order valence-corrected chi connectivity index (χ1v) is 7.32. The predicted molar refractivity (Wildman–Crippen MR) is 87.4 cm³/mol. The molecule has 1 amide bonds. The number of carbonyl (C=O) groups excluding carboxylic acids is 2. The van der Waals surface area contributed by atoms with Gasteiger partial charge in [-0.15, -0.1) is 0 Å². The molecule has 0 aliphatic carbocycles. The van der Waals surface area contributed by atoms with Gasteiger partial charge in [-0.3, -0.25) is 4.79 Å². The van der Waals surface area contributed by atoms with Gasteiger partial charge in [0.05, 0.1) is 12.2 Å². The van der Waals surface area contributed by atoms with Crippen molar-refractivity contribution in [1.29, 1.82) is 0 Å². The molecule has 1 heterocycles. The number of hydrogen-bond donors (Lipinski definition) is 2. The fourth-order valence-corrected chi connectivity index (χ4v) is 1.94. The Bertz CT molecular complexity index is 666. The van der Waals surface area contributed by atoms with Crippen molar-refractivity contribution in [3.05, 3.63) is 59.3 Å². The summed E-state index contributed by atoms with van der Waals surface area (Å²) in [7, 11) is 1.60. The zero-order valence-corrected chi connectivity index (χ0v) is 13.1. The van der Waals surface area contributed by atoms with Crippen molar-refractivity contribution in [3.63, 3.8) is 0 Å². The summed E-state index contributed by atoms with van der Waals surface area (Å²) in [4.78, 5) is 27.2. The van der Waals surface area contributed by atoms with Crippen LogP contribution in [0.3, 0.4) is 0 Å². The molecule has 6 heteroatoms.